The van der Waals surface area contributed by atoms with Gasteiger partial charge in [-0.2, -0.15) is 0 Å². The van der Waals surface area contributed by atoms with E-state index in [0.717, 1.165) is 46.3 Å². The maximum atomic E-state index is 11.9. The molecule has 0 aliphatic carbocycles. The molecule has 0 radical (unpaired) electrons. The number of aromatic nitrogens is 1. The highest BCUT2D eigenvalue weighted by molar-refractivity contribution is 7.11. The molecule has 0 unspecified atom stereocenters. The molecule has 0 fully saturated rings. The van der Waals surface area contributed by atoms with Gasteiger partial charge in [0.15, 0.2) is 5.60 Å². The zero-order chi connectivity index (χ0) is 22.2. The van der Waals surface area contributed by atoms with Gasteiger partial charge in [-0.05, 0) is 36.7 Å². The van der Waals surface area contributed by atoms with Crippen molar-refractivity contribution in [3.8, 4) is 5.75 Å². The lowest BCUT2D eigenvalue weighted by molar-refractivity contribution is 0.129. The molecular formula is C27H28N2O2S. The molecule has 0 amide bonds. The van der Waals surface area contributed by atoms with Crippen LogP contribution in [-0.4, -0.2) is 35.2 Å². The first-order chi connectivity index (χ1) is 15.7. The molecule has 4 aromatic rings. The molecule has 3 aromatic carbocycles. The number of benzene rings is 3. The summed E-state index contributed by atoms with van der Waals surface area (Å²) < 4.78 is 5.78. The number of thiazole rings is 1. The van der Waals surface area contributed by atoms with Crippen LogP contribution in [0, 0.1) is 0 Å². The number of rotatable bonds is 10. The van der Waals surface area contributed by atoms with Crippen molar-refractivity contribution in [3.63, 3.8) is 0 Å². The van der Waals surface area contributed by atoms with Gasteiger partial charge in [-0.15, -0.1) is 11.3 Å². The average molecular weight is 445 g/mol. The standard InChI is InChI=1S/C27H28N2O2S/c1-29(18-11-19-31-24-16-9-4-10-17-24)21-26-28-20-25(32-26)27(30,22-12-5-2-6-13-22)23-14-7-3-8-15-23/h2-10,12-17,20,30H,11,18-19,21H2,1H3. The summed E-state index contributed by atoms with van der Waals surface area (Å²) in [6, 6.07) is 29.5. The quantitative estimate of drug-likeness (QED) is 0.336. The molecule has 0 aliphatic rings. The lowest BCUT2D eigenvalue weighted by Crippen LogP contribution is -2.27. The molecule has 4 rings (SSSR count). The first-order valence-electron chi connectivity index (χ1n) is 10.8. The molecule has 0 spiro atoms. The molecule has 1 heterocycles. The van der Waals surface area contributed by atoms with Crippen molar-refractivity contribution in [3.05, 3.63) is 118 Å². The van der Waals surface area contributed by atoms with Crippen molar-refractivity contribution in [1.82, 2.24) is 9.88 Å². The zero-order valence-corrected chi connectivity index (χ0v) is 19.0. The number of hydrogen-bond donors (Lipinski definition) is 1. The summed E-state index contributed by atoms with van der Waals surface area (Å²) in [6.07, 6.45) is 2.74. The number of nitrogens with zero attached hydrogens (tertiary/aromatic N) is 2. The summed E-state index contributed by atoms with van der Waals surface area (Å²) in [6.45, 7) is 2.32. The van der Waals surface area contributed by atoms with Crippen LogP contribution in [0.5, 0.6) is 5.75 Å². The summed E-state index contributed by atoms with van der Waals surface area (Å²) in [7, 11) is 2.09. The Hall–Kier alpha value is -2.99. The molecule has 1 N–H and O–H groups in total. The van der Waals surface area contributed by atoms with Crippen molar-refractivity contribution in [1.29, 1.82) is 0 Å². The maximum Gasteiger partial charge on any atom is 0.151 e. The Labute approximate surface area is 193 Å². The van der Waals surface area contributed by atoms with E-state index in [-0.39, 0.29) is 0 Å². The van der Waals surface area contributed by atoms with Gasteiger partial charge >= 0.3 is 0 Å². The van der Waals surface area contributed by atoms with E-state index in [9.17, 15) is 5.11 Å². The fourth-order valence-electron chi connectivity index (χ4n) is 3.71. The van der Waals surface area contributed by atoms with Crippen LogP contribution in [0.1, 0.15) is 27.4 Å². The van der Waals surface area contributed by atoms with Crippen LogP contribution in [0.25, 0.3) is 0 Å². The fraction of sp³-hybridized carbons (Fsp3) is 0.222. The smallest absolute Gasteiger partial charge is 0.151 e. The average Bonchev–Trinajstić information content (AvgIpc) is 3.32. The Morgan fingerprint density at radius 2 is 1.44 bits per heavy atom. The molecule has 164 valence electrons. The van der Waals surface area contributed by atoms with E-state index in [2.05, 4.69) is 16.9 Å². The van der Waals surface area contributed by atoms with Gasteiger partial charge in [0, 0.05) is 12.7 Å². The second-order valence-electron chi connectivity index (χ2n) is 7.81. The third-order valence-corrected chi connectivity index (χ3v) is 6.49. The molecule has 0 atom stereocenters. The Morgan fingerprint density at radius 1 is 0.875 bits per heavy atom. The fourth-order valence-corrected chi connectivity index (χ4v) is 4.84. The van der Waals surface area contributed by atoms with Gasteiger partial charge in [0.2, 0.25) is 0 Å². The Bertz CT molecular complexity index is 1040. The normalized spacial score (nSPS) is 11.6. The third kappa shape index (κ3) is 5.25. The largest absolute Gasteiger partial charge is 0.494 e. The van der Waals surface area contributed by atoms with E-state index in [0.29, 0.717) is 6.61 Å². The van der Waals surface area contributed by atoms with Crippen LogP contribution in [-0.2, 0) is 12.1 Å². The molecule has 0 bridgehead atoms. The van der Waals surface area contributed by atoms with Crippen molar-refractivity contribution >= 4 is 11.3 Å². The van der Waals surface area contributed by atoms with Gasteiger partial charge in [0.1, 0.15) is 10.8 Å². The SMILES string of the molecule is CN(CCCOc1ccccc1)Cc1ncc(C(O)(c2ccccc2)c2ccccc2)s1. The van der Waals surface area contributed by atoms with E-state index >= 15 is 0 Å². The van der Waals surface area contributed by atoms with Gasteiger partial charge in [-0.1, -0.05) is 78.9 Å². The monoisotopic (exact) mass is 444 g/mol. The van der Waals surface area contributed by atoms with E-state index in [1.807, 2.05) is 97.2 Å². The Kier molecular flexibility index (Phi) is 7.32. The summed E-state index contributed by atoms with van der Waals surface area (Å²) in [5, 5.41) is 12.9. The minimum atomic E-state index is -1.22. The highest BCUT2D eigenvalue weighted by Crippen LogP contribution is 2.39. The highest BCUT2D eigenvalue weighted by Gasteiger charge is 2.35. The van der Waals surface area contributed by atoms with Crippen molar-refractivity contribution in [2.24, 2.45) is 0 Å². The number of hydrogen-bond acceptors (Lipinski definition) is 5. The van der Waals surface area contributed by atoms with Crippen LogP contribution in [0.4, 0.5) is 0 Å². The van der Waals surface area contributed by atoms with Crippen LogP contribution in [0.2, 0.25) is 0 Å². The summed E-state index contributed by atoms with van der Waals surface area (Å²) in [5.74, 6) is 0.904. The van der Waals surface area contributed by atoms with Crippen molar-refractivity contribution < 1.29 is 9.84 Å². The van der Waals surface area contributed by atoms with Crippen LogP contribution >= 0.6 is 11.3 Å². The molecule has 1 aromatic heterocycles. The van der Waals surface area contributed by atoms with E-state index in [1.165, 1.54) is 0 Å². The van der Waals surface area contributed by atoms with Gasteiger partial charge in [-0.25, -0.2) is 4.98 Å². The predicted molar refractivity (Wildman–Crippen MR) is 130 cm³/mol. The second-order valence-corrected chi connectivity index (χ2v) is 8.93. The van der Waals surface area contributed by atoms with Gasteiger partial charge in [0.05, 0.1) is 18.0 Å². The first kappa shape index (κ1) is 22.2. The second kappa shape index (κ2) is 10.6. The lowest BCUT2D eigenvalue weighted by atomic mass is 9.85. The zero-order valence-electron chi connectivity index (χ0n) is 18.2. The summed E-state index contributed by atoms with van der Waals surface area (Å²) in [4.78, 5) is 7.70. The molecule has 0 saturated heterocycles. The van der Waals surface area contributed by atoms with Crippen LogP contribution in [0.3, 0.4) is 0 Å². The minimum Gasteiger partial charge on any atom is -0.494 e. The summed E-state index contributed by atoms with van der Waals surface area (Å²) >= 11 is 1.56. The third-order valence-electron chi connectivity index (χ3n) is 5.39. The van der Waals surface area contributed by atoms with E-state index in [4.69, 9.17) is 4.74 Å². The van der Waals surface area contributed by atoms with Crippen molar-refractivity contribution in [2.75, 3.05) is 20.2 Å². The van der Waals surface area contributed by atoms with Crippen LogP contribution in [0.15, 0.2) is 97.2 Å². The molecule has 0 aliphatic heterocycles. The van der Waals surface area contributed by atoms with Crippen LogP contribution < -0.4 is 4.74 Å². The van der Waals surface area contributed by atoms with Gasteiger partial charge in [-0.3, -0.25) is 4.90 Å². The molecule has 4 nitrogen and oxygen atoms in total. The number of para-hydroxylation sites is 1. The number of ether oxygens (including phenoxy) is 1. The summed E-state index contributed by atoms with van der Waals surface area (Å²) in [5.41, 5.74) is 0.459. The first-order valence-corrected chi connectivity index (χ1v) is 11.6. The number of aliphatic hydroxyl groups is 1. The topological polar surface area (TPSA) is 45.6 Å². The lowest BCUT2D eigenvalue weighted by Gasteiger charge is -2.28. The maximum absolute atomic E-state index is 11.9. The Balaban J connectivity index is 1.42. The molecule has 0 saturated carbocycles. The minimum absolute atomic E-state index is 0.680. The van der Waals surface area contributed by atoms with Crippen molar-refractivity contribution in [2.45, 2.75) is 18.6 Å². The van der Waals surface area contributed by atoms with Gasteiger partial charge < -0.3 is 9.84 Å². The Morgan fingerprint density at radius 3 is 2.03 bits per heavy atom. The highest BCUT2D eigenvalue weighted by atomic mass is 32.1. The molecular weight excluding hydrogens is 416 g/mol. The van der Waals surface area contributed by atoms with E-state index in [1.54, 1.807) is 11.3 Å². The molecule has 5 heteroatoms. The van der Waals surface area contributed by atoms with E-state index < -0.39 is 5.60 Å². The van der Waals surface area contributed by atoms with Gasteiger partial charge in [0.25, 0.3) is 0 Å². The predicted octanol–water partition coefficient (Wildman–Crippen LogP) is 5.33. The molecule has 32 heavy (non-hydrogen) atoms.